The van der Waals surface area contributed by atoms with Gasteiger partial charge in [0, 0.05) is 38.4 Å². The summed E-state index contributed by atoms with van der Waals surface area (Å²) in [5.74, 6) is 2.39. The highest BCUT2D eigenvalue weighted by atomic mass is 127. The lowest BCUT2D eigenvalue weighted by Crippen LogP contribution is -2.36. The maximum absolute atomic E-state index is 5.58. The van der Waals surface area contributed by atoms with Gasteiger partial charge in [0.15, 0.2) is 5.96 Å². The minimum Gasteiger partial charge on any atom is -0.444 e. The van der Waals surface area contributed by atoms with Gasteiger partial charge in [0.05, 0.1) is 12.2 Å². The van der Waals surface area contributed by atoms with Gasteiger partial charge in [-0.15, -0.1) is 24.0 Å². The van der Waals surface area contributed by atoms with Gasteiger partial charge in [-0.2, -0.15) is 0 Å². The summed E-state index contributed by atoms with van der Waals surface area (Å²) in [6.07, 6.45) is 6.11. The predicted molar refractivity (Wildman–Crippen MR) is 130 cm³/mol. The molecule has 158 valence electrons. The van der Waals surface area contributed by atoms with Gasteiger partial charge in [-0.05, 0) is 36.6 Å². The van der Waals surface area contributed by atoms with Crippen LogP contribution in [0.3, 0.4) is 0 Å². The number of hydrogen-bond acceptors (Lipinski definition) is 5. The normalized spacial score (nSPS) is 13.8. The van der Waals surface area contributed by atoms with Gasteiger partial charge in [0.25, 0.3) is 0 Å². The minimum absolute atomic E-state index is 0. The first-order valence-electron chi connectivity index (χ1n) is 9.96. The van der Waals surface area contributed by atoms with E-state index < -0.39 is 0 Å². The molecule has 1 aliphatic heterocycles. The monoisotopic (exact) mass is 518 g/mol. The number of halogens is 1. The Morgan fingerprint density at radius 2 is 1.83 bits per heavy atom. The van der Waals surface area contributed by atoms with E-state index in [2.05, 4.69) is 42.6 Å². The van der Waals surface area contributed by atoms with E-state index in [9.17, 15) is 0 Å². The molecule has 1 saturated heterocycles. The lowest BCUT2D eigenvalue weighted by atomic mass is 10.2. The van der Waals surface area contributed by atoms with Crippen molar-refractivity contribution in [1.82, 2.24) is 20.6 Å². The second kappa shape index (κ2) is 11.0. The van der Waals surface area contributed by atoms with E-state index in [1.807, 2.05) is 36.5 Å². The molecule has 7 nitrogen and oxygen atoms in total. The molecule has 1 aliphatic rings. The molecular weight excluding hydrogens is 491 g/mol. The fourth-order valence-electron chi connectivity index (χ4n) is 3.34. The zero-order valence-corrected chi connectivity index (χ0v) is 19.4. The Hall–Kier alpha value is -2.62. The van der Waals surface area contributed by atoms with E-state index in [1.165, 1.54) is 12.8 Å². The number of anilines is 1. The Balaban J connectivity index is 0.00000256. The molecule has 4 rings (SSSR count). The molecule has 0 aliphatic carbocycles. The van der Waals surface area contributed by atoms with Crippen LogP contribution in [-0.4, -0.2) is 36.1 Å². The first-order valence-corrected chi connectivity index (χ1v) is 9.96. The number of guanidine groups is 1. The molecule has 2 N–H and O–H groups in total. The quantitative estimate of drug-likeness (QED) is 0.294. The first-order chi connectivity index (χ1) is 14.3. The highest BCUT2D eigenvalue weighted by Gasteiger charge is 2.13. The number of aromatic nitrogens is 2. The van der Waals surface area contributed by atoms with Crippen molar-refractivity contribution in [1.29, 1.82) is 0 Å². The topological polar surface area (TPSA) is 78.6 Å². The SMILES string of the molecule is CN=C(NCc1ccc(N2CCCC2)nc1)NCc1coc(-c2ccccc2)n1.I. The number of hydrogen-bond donors (Lipinski definition) is 2. The average molecular weight is 518 g/mol. The molecule has 2 aromatic heterocycles. The summed E-state index contributed by atoms with van der Waals surface area (Å²) in [5.41, 5.74) is 2.90. The number of rotatable bonds is 6. The van der Waals surface area contributed by atoms with Crippen molar-refractivity contribution in [3.63, 3.8) is 0 Å². The van der Waals surface area contributed by atoms with Gasteiger partial charge in [-0.3, -0.25) is 4.99 Å². The second-order valence-corrected chi connectivity index (χ2v) is 7.01. The average Bonchev–Trinajstić information content (AvgIpc) is 3.47. The van der Waals surface area contributed by atoms with Crippen LogP contribution in [0.5, 0.6) is 0 Å². The summed E-state index contributed by atoms with van der Waals surface area (Å²) in [4.78, 5) is 15.7. The lowest BCUT2D eigenvalue weighted by Gasteiger charge is -2.16. The molecule has 0 radical (unpaired) electrons. The second-order valence-electron chi connectivity index (χ2n) is 7.01. The number of aliphatic imine (C=N–C) groups is 1. The highest BCUT2D eigenvalue weighted by molar-refractivity contribution is 14.0. The highest BCUT2D eigenvalue weighted by Crippen LogP contribution is 2.18. The molecule has 3 aromatic rings. The summed E-state index contributed by atoms with van der Waals surface area (Å²) < 4.78 is 5.58. The first kappa shape index (κ1) is 22.1. The van der Waals surface area contributed by atoms with Crippen LogP contribution >= 0.6 is 24.0 Å². The van der Waals surface area contributed by atoms with Gasteiger partial charge in [0.2, 0.25) is 5.89 Å². The molecule has 0 spiro atoms. The van der Waals surface area contributed by atoms with Crippen molar-refractivity contribution in [3.8, 4) is 11.5 Å². The Morgan fingerprint density at radius 3 is 2.53 bits per heavy atom. The van der Waals surface area contributed by atoms with Crippen LogP contribution in [0.4, 0.5) is 5.82 Å². The van der Waals surface area contributed by atoms with Crippen LogP contribution in [0.25, 0.3) is 11.5 Å². The maximum Gasteiger partial charge on any atom is 0.226 e. The van der Waals surface area contributed by atoms with E-state index in [1.54, 1.807) is 13.3 Å². The minimum atomic E-state index is 0. The summed E-state index contributed by atoms with van der Waals surface area (Å²) in [5, 5.41) is 6.57. The van der Waals surface area contributed by atoms with Crippen LogP contribution in [0.2, 0.25) is 0 Å². The zero-order chi connectivity index (χ0) is 19.9. The van der Waals surface area contributed by atoms with Crippen LogP contribution in [-0.2, 0) is 13.1 Å². The van der Waals surface area contributed by atoms with Crippen molar-refractivity contribution < 1.29 is 4.42 Å². The molecule has 0 unspecified atom stereocenters. The number of nitrogens with one attached hydrogen (secondary N) is 2. The number of nitrogens with zero attached hydrogens (tertiary/aromatic N) is 4. The maximum atomic E-state index is 5.58. The van der Waals surface area contributed by atoms with Crippen LogP contribution < -0.4 is 15.5 Å². The summed E-state index contributed by atoms with van der Waals surface area (Å²) in [6, 6.07) is 14.1. The van der Waals surface area contributed by atoms with Gasteiger partial charge < -0.3 is 20.0 Å². The number of pyridine rings is 1. The number of oxazole rings is 1. The Morgan fingerprint density at radius 1 is 1.07 bits per heavy atom. The molecular formula is C22H27IN6O. The fraction of sp³-hybridized carbons (Fsp3) is 0.318. The number of benzene rings is 1. The third-order valence-corrected chi connectivity index (χ3v) is 4.93. The Kier molecular flexibility index (Phi) is 8.06. The van der Waals surface area contributed by atoms with Crippen molar-refractivity contribution >= 4 is 35.8 Å². The molecule has 30 heavy (non-hydrogen) atoms. The van der Waals surface area contributed by atoms with E-state index >= 15 is 0 Å². The molecule has 1 aromatic carbocycles. The van der Waals surface area contributed by atoms with Crippen molar-refractivity contribution in [3.05, 3.63) is 66.2 Å². The van der Waals surface area contributed by atoms with E-state index in [0.29, 0.717) is 24.9 Å². The van der Waals surface area contributed by atoms with E-state index in [0.717, 1.165) is 35.7 Å². The fourth-order valence-corrected chi connectivity index (χ4v) is 3.34. The third kappa shape index (κ3) is 5.71. The van der Waals surface area contributed by atoms with Crippen molar-refractivity contribution in [2.24, 2.45) is 4.99 Å². The smallest absolute Gasteiger partial charge is 0.226 e. The lowest BCUT2D eigenvalue weighted by molar-refractivity contribution is 0.572. The molecule has 3 heterocycles. The van der Waals surface area contributed by atoms with Gasteiger partial charge in [-0.1, -0.05) is 24.3 Å². The van der Waals surface area contributed by atoms with Crippen LogP contribution in [0.1, 0.15) is 24.1 Å². The van der Waals surface area contributed by atoms with Gasteiger partial charge >= 0.3 is 0 Å². The Labute approximate surface area is 194 Å². The molecule has 1 fully saturated rings. The summed E-state index contributed by atoms with van der Waals surface area (Å²) in [7, 11) is 1.75. The molecule has 0 saturated carbocycles. The van der Waals surface area contributed by atoms with Gasteiger partial charge in [-0.25, -0.2) is 9.97 Å². The molecule has 0 bridgehead atoms. The van der Waals surface area contributed by atoms with Crippen molar-refractivity contribution in [2.45, 2.75) is 25.9 Å². The van der Waals surface area contributed by atoms with E-state index in [-0.39, 0.29) is 24.0 Å². The van der Waals surface area contributed by atoms with Crippen LogP contribution in [0, 0.1) is 0 Å². The molecule has 0 atom stereocenters. The summed E-state index contributed by atoms with van der Waals surface area (Å²) in [6.45, 7) is 3.40. The van der Waals surface area contributed by atoms with Crippen LogP contribution in [0.15, 0.2) is 64.3 Å². The largest absolute Gasteiger partial charge is 0.444 e. The molecule has 0 amide bonds. The van der Waals surface area contributed by atoms with Crippen molar-refractivity contribution in [2.75, 3.05) is 25.0 Å². The Bertz CT molecular complexity index is 936. The summed E-state index contributed by atoms with van der Waals surface area (Å²) >= 11 is 0. The third-order valence-electron chi connectivity index (χ3n) is 4.93. The predicted octanol–water partition coefficient (Wildman–Crippen LogP) is 3.82. The van der Waals surface area contributed by atoms with E-state index in [4.69, 9.17) is 4.42 Å². The van der Waals surface area contributed by atoms with Gasteiger partial charge in [0.1, 0.15) is 12.1 Å². The standard InChI is InChI=1S/C22H26N6O.HI/c1-23-22(25-14-17-9-10-20(24-13-17)28-11-5-6-12-28)26-15-19-16-29-21(27-19)18-7-3-2-4-8-18;/h2-4,7-10,13,16H,5-6,11-12,14-15H2,1H3,(H2,23,25,26);1H. The zero-order valence-electron chi connectivity index (χ0n) is 17.0. The molecule has 8 heteroatoms.